The molecule has 0 radical (unpaired) electrons. The standard InChI is InChI=1S/C21H24BrClN2O/c1-14(2)25-12-11-24-21(25)18-5-4-6-19(23)17(18)9-7-15-13-16(22)8-10-20(15)26-3/h4-6,8,10,13-14H,7,9,11-12H2,1-3H3. The van der Waals surface area contributed by atoms with Crippen LogP contribution in [0.1, 0.15) is 30.5 Å². The maximum Gasteiger partial charge on any atom is 0.131 e. The highest BCUT2D eigenvalue weighted by molar-refractivity contribution is 9.10. The molecule has 0 spiro atoms. The van der Waals surface area contributed by atoms with Crippen molar-refractivity contribution in [1.29, 1.82) is 0 Å². The predicted octanol–water partition coefficient (Wildman–Crippen LogP) is 5.37. The Kier molecular flexibility index (Phi) is 6.25. The van der Waals surface area contributed by atoms with Gasteiger partial charge in [0.15, 0.2) is 0 Å². The van der Waals surface area contributed by atoms with Gasteiger partial charge in [0.05, 0.1) is 13.7 Å². The Morgan fingerprint density at radius 1 is 1.23 bits per heavy atom. The van der Waals surface area contributed by atoms with E-state index < -0.39 is 0 Å². The molecule has 5 heteroatoms. The molecule has 0 N–H and O–H groups in total. The van der Waals surface area contributed by atoms with E-state index in [1.54, 1.807) is 7.11 Å². The van der Waals surface area contributed by atoms with Gasteiger partial charge in [0.2, 0.25) is 0 Å². The maximum absolute atomic E-state index is 6.59. The third kappa shape index (κ3) is 4.07. The third-order valence-corrected chi connectivity index (χ3v) is 5.59. The van der Waals surface area contributed by atoms with E-state index in [1.807, 2.05) is 24.3 Å². The number of benzene rings is 2. The molecule has 3 nitrogen and oxygen atoms in total. The van der Waals surface area contributed by atoms with E-state index in [1.165, 1.54) is 5.56 Å². The molecule has 2 aromatic rings. The molecule has 0 unspecified atom stereocenters. The highest BCUT2D eigenvalue weighted by Gasteiger charge is 2.24. The van der Waals surface area contributed by atoms with Gasteiger partial charge in [0.1, 0.15) is 11.6 Å². The number of ether oxygens (including phenoxy) is 1. The summed E-state index contributed by atoms with van der Waals surface area (Å²) < 4.78 is 6.57. The number of methoxy groups -OCH3 is 1. The molecule has 0 amide bonds. The van der Waals surface area contributed by atoms with Crippen LogP contribution in [0.4, 0.5) is 0 Å². The molecule has 0 aliphatic carbocycles. The first-order chi connectivity index (χ1) is 12.5. The van der Waals surface area contributed by atoms with E-state index in [4.69, 9.17) is 21.3 Å². The number of aliphatic imine (C=N–C) groups is 1. The van der Waals surface area contributed by atoms with Gasteiger partial charge in [-0.1, -0.05) is 39.7 Å². The minimum atomic E-state index is 0.424. The number of hydrogen-bond donors (Lipinski definition) is 0. The number of nitrogens with zero attached hydrogens (tertiary/aromatic N) is 2. The molecule has 0 fully saturated rings. The number of amidine groups is 1. The van der Waals surface area contributed by atoms with Crippen molar-refractivity contribution in [2.75, 3.05) is 20.2 Å². The van der Waals surface area contributed by atoms with Crippen LogP contribution in [0.3, 0.4) is 0 Å². The lowest BCUT2D eigenvalue weighted by Crippen LogP contribution is -2.35. The fourth-order valence-corrected chi connectivity index (χ4v) is 4.10. The molecule has 1 aliphatic rings. The van der Waals surface area contributed by atoms with E-state index in [-0.39, 0.29) is 0 Å². The van der Waals surface area contributed by atoms with Gasteiger partial charge >= 0.3 is 0 Å². The van der Waals surface area contributed by atoms with Crippen LogP contribution in [0, 0.1) is 0 Å². The number of rotatable bonds is 6. The van der Waals surface area contributed by atoms with Crippen LogP contribution in [-0.2, 0) is 12.8 Å². The molecule has 0 atom stereocenters. The summed E-state index contributed by atoms with van der Waals surface area (Å²) in [7, 11) is 1.71. The van der Waals surface area contributed by atoms with Crippen LogP contribution in [0.15, 0.2) is 45.9 Å². The molecule has 2 aromatic carbocycles. The monoisotopic (exact) mass is 434 g/mol. The summed E-state index contributed by atoms with van der Waals surface area (Å²) in [6, 6.07) is 12.6. The van der Waals surface area contributed by atoms with Crippen LogP contribution >= 0.6 is 27.5 Å². The number of halogens is 2. The Morgan fingerprint density at radius 2 is 2.04 bits per heavy atom. The molecular weight excluding hydrogens is 412 g/mol. The van der Waals surface area contributed by atoms with Crippen LogP contribution in [-0.4, -0.2) is 37.0 Å². The van der Waals surface area contributed by atoms with Crippen LogP contribution < -0.4 is 4.74 Å². The molecular formula is C21H24BrClN2O. The van der Waals surface area contributed by atoms with Crippen LogP contribution in [0.25, 0.3) is 0 Å². The van der Waals surface area contributed by atoms with Gasteiger partial charge in [-0.3, -0.25) is 4.99 Å². The van der Waals surface area contributed by atoms with Gasteiger partial charge in [-0.05, 0) is 62.1 Å². The average Bonchev–Trinajstić information content (AvgIpc) is 3.10. The van der Waals surface area contributed by atoms with Gasteiger partial charge in [-0.15, -0.1) is 0 Å². The van der Waals surface area contributed by atoms with Crippen molar-refractivity contribution < 1.29 is 4.74 Å². The van der Waals surface area contributed by atoms with Gasteiger partial charge in [0.25, 0.3) is 0 Å². The number of aryl methyl sites for hydroxylation is 1. The molecule has 1 heterocycles. The highest BCUT2D eigenvalue weighted by Crippen LogP contribution is 2.29. The van der Waals surface area contributed by atoms with Gasteiger partial charge in [0, 0.05) is 27.6 Å². The second-order valence-electron chi connectivity index (χ2n) is 6.71. The zero-order chi connectivity index (χ0) is 18.7. The van der Waals surface area contributed by atoms with Crippen LogP contribution in [0.2, 0.25) is 5.02 Å². The summed E-state index contributed by atoms with van der Waals surface area (Å²) >= 11 is 10.1. The Balaban J connectivity index is 1.91. The van der Waals surface area contributed by atoms with E-state index in [0.29, 0.717) is 6.04 Å². The van der Waals surface area contributed by atoms with Crippen molar-refractivity contribution in [2.45, 2.75) is 32.7 Å². The largest absolute Gasteiger partial charge is 0.496 e. The van der Waals surface area contributed by atoms with E-state index in [2.05, 4.69) is 46.8 Å². The van der Waals surface area contributed by atoms with E-state index >= 15 is 0 Å². The summed E-state index contributed by atoms with van der Waals surface area (Å²) in [6.45, 7) is 6.23. The van der Waals surface area contributed by atoms with Crippen molar-refractivity contribution in [1.82, 2.24) is 4.90 Å². The lowest BCUT2D eigenvalue weighted by molar-refractivity contribution is 0.381. The molecule has 0 bridgehead atoms. The molecule has 3 rings (SSSR count). The zero-order valence-electron chi connectivity index (χ0n) is 15.4. The van der Waals surface area contributed by atoms with E-state index in [9.17, 15) is 0 Å². The fourth-order valence-electron chi connectivity index (χ4n) is 3.43. The zero-order valence-corrected chi connectivity index (χ0v) is 17.8. The average molecular weight is 436 g/mol. The van der Waals surface area contributed by atoms with Crippen molar-refractivity contribution in [3.8, 4) is 5.75 Å². The number of hydrogen-bond acceptors (Lipinski definition) is 3. The molecule has 1 aliphatic heterocycles. The van der Waals surface area contributed by atoms with Gasteiger partial charge < -0.3 is 9.64 Å². The van der Waals surface area contributed by atoms with Gasteiger partial charge in [-0.2, -0.15) is 0 Å². The smallest absolute Gasteiger partial charge is 0.131 e. The highest BCUT2D eigenvalue weighted by atomic mass is 79.9. The molecule has 0 aromatic heterocycles. The summed E-state index contributed by atoms with van der Waals surface area (Å²) in [5.41, 5.74) is 3.47. The Bertz CT molecular complexity index is 820. The Morgan fingerprint density at radius 3 is 2.77 bits per heavy atom. The van der Waals surface area contributed by atoms with Crippen molar-refractivity contribution in [2.24, 2.45) is 4.99 Å². The predicted molar refractivity (Wildman–Crippen MR) is 113 cm³/mol. The molecule has 0 saturated carbocycles. The summed E-state index contributed by atoms with van der Waals surface area (Å²) in [6.07, 6.45) is 1.70. The van der Waals surface area contributed by atoms with Crippen molar-refractivity contribution in [3.05, 3.63) is 62.6 Å². The van der Waals surface area contributed by atoms with Crippen molar-refractivity contribution in [3.63, 3.8) is 0 Å². The lowest BCUT2D eigenvalue weighted by atomic mass is 9.98. The Labute approximate surface area is 169 Å². The minimum Gasteiger partial charge on any atom is -0.496 e. The first-order valence-electron chi connectivity index (χ1n) is 8.92. The minimum absolute atomic E-state index is 0.424. The SMILES string of the molecule is COc1ccc(Br)cc1CCc1c(Cl)cccc1C1=NCCN1C(C)C. The summed E-state index contributed by atoms with van der Waals surface area (Å²) in [5.74, 6) is 1.97. The normalized spacial score (nSPS) is 14.1. The quantitative estimate of drug-likeness (QED) is 0.609. The summed E-state index contributed by atoms with van der Waals surface area (Å²) in [5, 5.41) is 0.801. The molecule has 26 heavy (non-hydrogen) atoms. The second-order valence-corrected chi connectivity index (χ2v) is 8.04. The third-order valence-electron chi connectivity index (χ3n) is 4.74. The van der Waals surface area contributed by atoms with Gasteiger partial charge in [-0.25, -0.2) is 0 Å². The first kappa shape index (κ1) is 19.2. The lowest BCUT2D eigenvalue weighted by Gasteiger charge is -2.26. The van der Waals surface area contributed by atoms with E-state index in [0.717, 1.165) is 58.1 Å². The summed E-state index contributed by atoms with van der Waals surface area (Å²) in [4.78, 5) is 7.12. The Hall–Kier alpha value is -1.52. The second kappa shape index (κ2) is 8.45. The first-order valence-corrected chi connectivity index (χ1v) is 10.1. The topological polar surface area (TPSA) is 24.8 Å². The fraction of sp³-hybridized carbons (Fsp3) is 0.381. The maximum atomic E-state index is 6.59. The molecule has 138 valence electrons. The van der Waals surface area contributed by atoms with Crippen LogP contribution in [0.5, 0.6) is 5.75 Å². The van der Waals surface area contributed by atoms with Crippen molar-refractivity contribution >= 4 is 33.4 Å². The molecule has 0 saturated heterocycles.